The topological polar surface area (TPSA) is 69.6 Å². The molecule has 0 aliphatic carbocycles. The van der Waals surface area contributed by atoms with Crippen molar-refractivity contribution < 1.29 is 13.5 Å². The maximum Gasteiger partial charge on any atom is 0.240 e. The lowest BCUT2D eigenvalue weighted by molar-refractivity contribution is 0.143. The number of aliphatic hydroxyl groups excluding tert-OH is 1. The highest BCUT2D eigenvalue weighted by Crippen LogP contribution is 2.30. The molecule has 118 valence electrons. The second-order valence-corrected chi connectivity index (χ2v) is 7.94. The molecule has 1 aromatic carbocycles. The van der Waals surface area contributed by atoms with Gasteiger partial charge in [0.1, 0.15) is 0 Å². The quantitative estimate of drug-likeness (QED) is 0.857. The predicted octanol–water partition coefficient (Wildman–Crippen LogP) is 1.19. The molecule has 6 heteroatoms. The van der Waals surface area contributed by atoms with Crippen LogP contribution < -0.4 is 4.72 Å². The van der Waals surface area contributed by atoms with Crippen molar-refractivity contribution in [3.8, 4) is 0 Å². The molecule has 2 rings (SSSR count). The highest BCUT2D eigenvalue weighted by molar-refractivity contribution is 7.89. The molecule has 0 bridgehead atoms. The average molecular weight is 312 g/mol. The Bertz CT molecular complexity index is 578. The third-order valence-electron chi connectivity index (χ3n) is 4.32. The molecular formula is C15H24N2O3S. The highest BCUT2D eigenvalue weighted by Gasteiger charge is 2.30. The van der Waals surface area contributed by atoms with E-state index in [4.69, 9.17) is 0 Å². The summed E-state index contributed by atoms with van der Waals surface area (Å²) in [6.07, 6.45) is 1.96. The van der Waals surface area contributed by atoms with Gasteiger partial charge in [0.25, 0.3) is 0 Å². The SMILES string of the molecule is CN1CCC(C)(CNS(=O)(=O)c2ccccc2CO)CC1. The smallest absolute Gasteiger partial charge is 0.240 e. The van der Waals surface area contributed by atoms with Crippen molar-refractivity contribution in [3.63, 3.8) is 0 Å². The second-order valence-electron chi connectivity index (χ2n) is 6.20. The maximum atomic E-state index is 12.4. The van der Waals surface area contributed by atoms with Gasteiger partial charge in [-0.05, 0) is 50.0 Å². The van der Waals surface area contributed by atoms with Crippen LogP contribution in [0.3, 0.4) is 0 Å². The summed E-state index contributed by atoms with van der Waals surface area (Å²) < 4.78 is 27.6. The molecular weight excluding hydrogens is 288 g/mol. The van der Waals surface area contributed by atoms with E-state index < -0.39 is 10.0 Å². The van der Waals surface area contributed by atoms with E-state index in [0.717, 1.165) is 25.9 Å². The van der Waals surface area contributed by atoms with Gasteiger partial charge >= 0.3 is 0 Å². The zero-order valence-electron chi connectivity index (χ0n) is 12.7. The van der Waals surface area contributed by atoms with Crippen LogP contribution >= 0.6 is 0 Å². The van der Waals surface area contributed by atoms with Gasteiger partial charge in [0.2, 0.25) is 10.0 Å². The van der Waals surface area contributed by atoms with Gasteiger partial charge in [-0.15, -0.1) is 0 Å². The van der Waals surface area contributed by atoms with Gasteiger partial charge in [-0.2, -0.15) is 0 Å². The van der Waals surface area contributed by atoms with Crippen molar-refractivity contribution in [1.29, 1.82) is 0 Å². The van der Waals surface area contributed by atoms with E-state index in [2.05, 4.69) is 23.6 Å². The first kappa shape index (κ1) is 16.4. The first-order valence-corrected chi connectivity index (χ1v) is 8.72. The molecule has 1 aromatic rings. The van der Waals surface area contributed by atoms with Gasteiger partial charge in [0.05, 0.1) is 11.5 Å². The van der Waals surface area contributed by atoms with Crippen LogP contribution in [0.25, 0.3) is 0 Å². The van der Waals surface area contributed by atoms with Crippen molar-refractivity contribution >= 4 is 10.0 Å². The number of aliphatic hydroxyl groups is 1. The van der Waals surface area contributed by atoms with Crippen molar-refractivity contribution in [2.24, 2.45) is 5.41 Å². The minimum Gasteiger partial charge on any atom is -0.392 e. The largest absolute Gasteiger partial charge is 0.392 e. The Hall–Kier alpha value is -0.950. The number of sulfonamides is 1. The van der Waals surface area contributed by atoms with E-state index in [1.54, 1.807) is 18.2 Å². The summed E-state index contributed by atoms with van der Waals surface area (Å²) in [5.74, 6) is 0. The van der Waals surface area contributed by atoms with E-state index in [1.807, 2.05) is 0 Å². The summed E-state index contributed by atoms with van der Waals surface area (Å²) in [4.78, 5) is 2.43. The molecule has 0 saturated carbocycles. The predicted molar refractivity (Wildman–Crippen MR) is 82.4 cm³/mol. The fourth-order valence-electron chi connectivity index (χ4n) is 2.58. The molecule has 0 atom stereocenters. The zero-order chi connectivity index (χ0) is 15.5. The van der Waals surface area contributed by atoms with Crippen LogP contribution in [0.1, 0.15) is 25.3 Å². The number of nitrogens with zero attached hydrogens (tertiary/aromatic N) is 1. The van der Waals surface area contributed by atoms with E-state index in [-0.39, 0.29) is 16.9 Å². The molecule has 0 aromatic heterocycles. The standard InChI is InChI=1S/C15H24N2O3S/c1-15(7-9-17(2)10-8-15)12-16-21(19,20)14-6-4-3-5-13(14)11-18/h3-6,16,18H,7-12H2,1-2H3. The van der Waals surface area contributed by atoms with E-state index in [0.29, 0.717) is 12.1 Å². The minimum atomic E-state index is -3.58. The minimum absolute atomic E-state index is 0.00621. The van der Waals surface area contributed by atoms with Crippen LogP contribution in [-0.2, 0) is 16.6 Å². The number of hydrogen-bond donors (Lipinski definition) is 2. The molecule has 0 radical (unpaired) electrons. The molecule has 2 N–H and O–H groups in total. The molecule has 1 saturated heterocycles. The van der Waals surface area contributed by atoms with Gasteiger partial charge in [0.15, 0.2) is 0 Å². The zero-order valence-corrected chi connectivity index (χ0v) is 13.5. The fourth-order valence-corrected chi connectivity index (χ4v) is 4.01. The molecule has 0 unspecified atom stereocenters. The highest BCUT2D eigenvalue weighted by atomic mass is 32.2. The Kier molecular flexibility index (Phi) is 5.03. The summed E-state index contributed by atoms with van der Waals surface area (Å²) in [6, 6.07) is 6.56. The maximum absolute atomic E-state index is 12.4. The Balaban J connectivity index is 2.08. The number of hydrogen-bond acceptors (Lipinski definition) is 4. The van der Waals surface area contributed by atoms with Crippen molar-refractivity contribution in [1.82, 2.24) is 9.62 Å². The van der Waals surface area contributed by atoms with Gasteiger partial charge in [-0.1, -0.05) is 25.1 Å². The first-order chi connectivity index (χ1) is 9.86. The van der Waals surface area contributed by atoms with Gasteiger partial charge in [0, 0.05) is 6.54 Å². The summed E-state index contributed by atoms with van der Waals surface area (Å²) in [5.41, 5.74) is 0.423. The number of piperidine rings is 1. The normalized spacial score (nSPS) is 19.6. The molecule has 1 aliphatic heterocycles. The van der Waals surface area contributed by atoms with Crippen molar-refractivity contribution in [3.05, 3.63) is 29.8 Å². The first-order valence-electron chi connectivity index (χ1n) is 7.23. The lowest BCUT2D eigenvalue weighted by Crippen LogP contribution is -2.43. The van der Waals surface area contributed by atoms with Crippen LogP contribution in [0.2, 0.25) is 0 Å². The summed E-state index contributed by atoms with van der Waals surface area (Å²) in [7, 11) is -1.49. The van der Waals surface area contributed by atoms with Gasteiger partial charge < -0.3 is 10.0 Å². The Morgan fingerprint density at radius 3 is 2.52 bits per heavy atom. The molecule has 1 fully saturated rings. The van der Waals surface area contributed by atoms with Crippen LogP contribution in [0.15, 0.2) is 29.2 Å². The van der Waals surface area contributed by atoms with Crippen LogP contribution in [0.4, 0.5) is 0 Å². The van der Waals surface area contributed by atoms with E-state index in [1.165, 1.54) is 6.07 Å². The molecule has 1 aliphatic rings. The fraction of sp³-hybridized carbons (Fsp3) is 0.600. The van der Waals surface area contributed by atoms with Crippen LogP contribution in [0, 0.1) is 5.41 Å². The van der Waals surface area contributed by atoms with Crippen LogP contribution in [0.5, 0.6) is 0 Å². The van der Waals surface area contributed by atoms with Crippen molar-refractivity contribution in [2.45, 2.75) is 31.3 Å². The Morgan fingerprint density at radius 2 is 1.90 bits per heavy atom. The number of rotatable bonds is 5. The average Bonchev–Trinajstić information content (AvgIpc) is 2.49. The monoisotopic (exact) mass is 312 g/mol. The summed E-state index contributed by atoms with van der Waals surface area (Å²) in [5, 5.41) is 9.28. The van der Waals surface area contributed by atoms with Gasteiger partial charge in [-0.3, -0.25) is 0 Å². The van der Waals surface area contributed by atoms with Crippen molar-refractivity contribution in [2.75, 3.05) is 26.7 Å². The number of benzene rings is 1. The molecule has 0 spiro atoms. The summed E-state index contributed by atoms with van der Waals surface area (Å²) in [6.45, 7) is 4.26. The lowest BCUT2D eigenvalue weighted by atomic mass is 9.81. The third kappa shape index (κ3) is 4.03. The molecule has 5 nitrogen and oxygen atoms in total. The van der Waals surface area contributed by atoms with Gasteiger partial charge in [-0.25, -0.2) is 13.1 Å². The lowest BCUT2D eigenvalue weighted by Gasteiger charge is -2.37. The Labute approximate surface area is 127 Å². The Morgan fingerprint density at radius 1 is 1.29 bits per heavy atom. The number of likely N-dealkylation sites (tertiary alicyclic amines) is 1. The molecule has 1 heterocycles. The third-order valence-corrected chi connectivity index (χ3v) is 5.82. The van der Waals surface area contributed by atoms with E-state index >= 15 is 0 Å². The summed E-state index contributed by atoms with van der Waals surface area (Å²) >= 11 is 0. The van der Waals surface area contributed by atoms with E-state index in [9.17, 15) is 13.5 Å². The molecule has 21 heavy (non-hydrogen) atoms. The number of nitrogens with one attached hydrogen (secondary N) is 1. The molecule has 0 amide bonds. The second kappa shape index (κ2) is 6.44. The van der Waals surface area contributed by atoms with Crippen LogP contribution in [-0.4, -0.2) is 45.1 Å².